The molecule has 3 rings (SSSR count). The maximum Gasteiger partial charge on any atom is 0.410 e. The molecule has 0 bridgehead atoms. The summed E-state index contributed by atoms with van der Waals surface area (Å²) in [7, 11) is 2.77. The van der Waals surface area contributed by atoms with E-state index in [1.54, 1.807) is 39.0 Å². The van der Waals surface area contributed by atoms with E-state index in [4.69, 9.17) is 25.5 Å². The van der Waals surface area contributed by atoms with Gasteiger partial charge in [0, 0.05) is 30.0 Å². The molecule has 1 fully saturated rings. The zero-order valence-corrected chi connectivity index (χ0v) is 18.5. The minimum atomic E-state index is -0.923. The second-order valence-electron chi connectivity index (χ2n) is 8.36. The first-order valence-electron chi connectivity index (χ1n) is 9.75. The molecule has 30 heavy (non-hydrogen) atoms. The first-order chi connectivity index (χ1) is 14.1. The number of halogens is 1. The highest BCUT2D eigenvalue weighted by molar-refractivity contribution is 6.30. The average molecular weight is 436 g/mol. The summed E-state index contributed by atoms with van der Waals surface area (Å²) in [5, 5.41) is 8.77. The maximum absolute atomic E-state index is 12.5. The summed E-state index contributed by atoms with van der Waals surface area (Å²) in [6, 6.07) is 4.28. The highest BCUT2D eigenvalue weighted by Gasteiger charge is 2.33. The standard InChI is InChI=1S/C21H26ClN3O5/c1-21(2,3)30-20(27)25(4)16(19(26)28-5)11-13-10-14(22)8-9-15(13)18-24-23-17(29-18)12-6-7-12/h8-10,12,16H,6-7,11H2,1-5H3/t16-/m0/s1. The van der Waals surface area contributed by atoms with Crippen molar-refractivity contribution in [2.24, 2.45) is 0 Å². The zero-order valence-electron chi connectivity index (χ0n) is 17.8. The number of hydrogen-bond donors (Lipinski definition) is 0. The van der Waals surface area contributed by atoms with Crippen molar-refractivity contribution >= 4 is 23.7 Å². The van der Waals surface area contributed by atoms with Gasteiger partial charge in [-0.15, -0.1) is 10.2 Å². The largest absolute Gasteiger partial charge is 0.467 e. The number of methoxy groups -OCH3 is 1. The molecule has 162 valence electrons. The molecule has 9 heteroatoms. The van der Waals surface area contributed by atoms with Gasteiger partial charge in [0.1, 0.15) is 11.6 Å². The third-order valence-corrected chi connectivity index (χ3v) is 4.94. The molecular formula is C21H26ClN3O5. The first kappa shape index (κ1) is 22.1. The average Bonchev–Trinajstić information content (AvgIpc) is 3.41. The molecule has 0 radical (unpaired) electrons. The molecule has 1 aliphatic carbocycles. The number of benzene rings is 1. The fourth-order valence-corrected chi connectivity index (χ4v) is 3.16. The van der Waals surface area contributed by atoms with Crippen LogP contribution in [0.5, 0.6) is 0 Å². The second kappa shape index (κ2) is 8.63. The molecule has 0 unspecified atom stereocenters. The summed E-state index contributed by atoms with van der Waals surface area (Å²) in [5.74, 6) is 0.718. The van der Waals surface area contributed by atoms with Crippen molar-refractivity contribution < 1.29 is 23.5 Å². The molecule has 0 spiro atoms. The maximum atomic E-state index is 12.5. The van der Waals surface area contributed by atoms with Crippen molar-refractivity contribution in [3.05, 3.63) is 34.7 Å². The lowest BCUT2D eigenvalue weighted by atomic mass is 9.99. The summed E-state index contributed by atoms with van der Waals surface area (Å²) in [6.07, 6.45) is 1.59. The van der Waals surface area contributed by atoms with Crippen molar-refractivity contribution in [2.75, 3.05) is 14.2 Å². The topological polar surface area (TPSA) is 94.8 Å². The Morgan fingerprint density at radius 1 is 1.30 bits per heavy atom. The third kappa shape index (κ3) is 5.30. The number of carbonyl (C=O) groups is 2. The number of nitrogens with zero attached hydrogens (tertiary/aromatic N) is 3. The Bertz CT molecular complexity index is 933. The lowest BCUT2D eigenvalue weighted by molar-refractivity contribution is -0.146. The Balaban J connectivity index is 1.90. The highest BCUT2D eigenvalue weighted by Crippen LogP contribution is 2.40. The van der Waals surface area contributed by atoms with Gasteiger partial charge in [0.2, 0.25) is 11.8 Å². The molecule has 1 amide bonds. The van der Waals surface area contributed by atoms with E-state index in [-0.39, 0.29) is 6.42 Å². The van der Waals surface area contributed by atoms with Gasteiger partial charge in [-0.3, -0.25) is 4.90 Å². The first-order valence-corrected chi connectivity index (χ1v) is 10.1. The molecule has 1 aromatic carbocycles. The third-order valence-electron chi connectivity index (χ3n) is 4.70. The Morgan fingerprint density at radius 2 is 2.00 bits per heavy atom. The fourth-order valence-electron chi connectivity index (χ4n) is 2.96. The van der Waals surface area contributed by atoms with Crippen LogP contribution in [0.25, 0.3) is 11.5 Å². The monoisotopic (exact) mass is 435 g/mol. The molecule has 1 saturated carbocycles. The molecule has 1 heterocycles. The van der Waals surface area contributed by atoms with Gasteiger partial charge in [-0.2, -0.15) is 0 Å². The highest BCUT2D eigenvalue weighted by atomic mass is 35.5. The molecular weight excluding hydrogens is 410 g/mol. The van der Waals surface area contributed by atoms with Gasteiger partial charge in [0.25, 0.3) is 0 Å². The van der Waals surface area contributed by atoms with E-state index in [1.807, 2.05) is 0 Å². The van der Waals surface area contributed by atoms with Gasteiger partial charge in [0.15, 0.2) is 0 Å². The quantitative estimate of drug-likeness (QED) is 0.627. The van der Waals surface area contributed by atoms with Gasteiger partial charge in [0.05, 0.1) is 7.11 Å². The van der Waals surface area contributed by atoms with Crippen molar-refractivity contribution in [3.63, 3.8) is 0 Å². The van der Waals surface area contributed by atoms with E-state index in [1.165, 1.54) is 19.1 Å². The van der Waals surface area contributed by atoms with Crippen LogP contribution in [0.1, 0.15) is 51.0 Å². The number of likely N-dealkylation sites (N-methyl/N-ethyl adjacent to an activating group) is 1. The lowest BCUT2D eigenvalue weighted by Crippen LogP contribution is -2.46. The van der Waals surface area contributed by atoms with E-state index in [0.29, 0.717) is 33.8 Å². The summed E-state index contributed by atoms with van der Waals surface area (Å²) < 4.78 is 16.2. The SMILES string of the molecule is COC(=O)[C@H](Cc1cc(Cl)ccc1-c1nnc(C2CC2)o1)N(C)C(=O)OC(C)(C)C. The van der Waals surface area contributed by atoms with Crippen LogP contribution in [0.2, 0.25) is 5.02 Å². The number of rotatable bonds is 6. The van der Waals surface area contributed by atoms with Crippen LogP contribution >= 0.6 is 11.6 Å². The van der Waals surface area contributed by atoms with Gasteiger partial charge >= 0.3 is 12.1 Å². The van der Waals surface area contributed by atoms with Crippen LogP contribution in [0.4, 0.5) is 4.79 Å². The summed E-state index contributed by atoms with van der Waals surface area (Å²) in [5.41, 5.74) is 0.639. The number of hydrogen-bond acceptors (Lipinski definition) is 7. The Hall–Kier alpha value is -2.61. The van der Waals surface area contributed by atoms with Crippen LogP contribution in [0.15, 0.2) is 22.6 Å². The van der Waals surface area contributed by atoms with Gasteiger partial charge in [-0.25, -0.2) is 9.59 Å². The lowest BCUT2D eigenvalue weighted by Gasteiger charge is -2.29. The Labute approximate surface area is 180 Å². The minimum Gasteiger partial charge on any atom is -0.467 e. The van der Waals surface area contributed by atoms with Gasteiger partial charge < -0.3 is 13.9 Å². The molecule has 1 aromatic heterocycles. The zero-order chi connectivity index (χ0) is 22.1. The van der Waals surface area contributed by atoms with Gasteiger partial charge in [-0.05, 0) is 57.4 Å². The number of amides is 1. The number of esters is 1. The van der Waals surface area contributed by atoms with E-state index in [0.717, 1.165) is 12.8 Å². The van der Waals surface area contributed by atoms with Crippen molar-refractivity contribution in [1.29, 1.82) is 0 Å². The normalized spacial score (nSPS) is 14.9. The molecule has 8 nitrogen and oxygen atoms in total. The Kier molecular flexibility index (Phi) is 6.36. The van der Waals surface area contributed by atoms with Crippen molar-refractivity contribution in [2.45, 2.75) is 57.6 Å². The molecule has 0 N–H and O–H groups in total. The number of carbonyl (C=O) groups excluding carboxylic acids is 2. The van der Waals surface area contributed by atoms with Crippen LogP contribution in [0.3, 0.4) is 0 Å². The van der Waals surface area contributed by atoms with E-state index < -0.39 is 23.7 Å². The second-order valence-corrected chi connectivity index (χ2v) is 8.79. The molecule has 2 aromatic rings. The molecule has 0 aliphatic heterocycles. The fraction of sp³-hybridized carbons (Fsp3) is 0.524. The van der Waals surface area contributed by atoms with E-state index >= 15 is 0 Å². The number of aromatic nitrogens is 2. The van der Waals surface area contributed by atoms with Crippen LogP contribution in [-0.4, -0.2) is 53.0 Å². The van der Waals surface area contributed by atoms with Gasteiger partial charge in [-0.1, -0.05) is 11.6 Å². The van der Waals surface area contributed by atoms with Crippen LogP contribution in [-0.2, 0) is 20.7 Å². The molecule has 0 saturated heterocycles. The Morgan fingerprint density at radius 3 is 2.60 bits per heavy atom. The minimum absolute atomic E-state index is 0.138. The predicted octanol–water partition coefficient (Wildman–Crippen LogP) is 4.22. The predicted molar refractivity (Wildman–Crippen MR) is 110 cm³/mol. The van der Waals surface area contributed by atoms with Crippen LogP contribution < -0.4 is 0 Å². The summed E-state index contributed by atoms with van der Waals surface area (Å²) >= 11 is 6.21. The van der Waals surface area contributed by atoms with Crippen LogP contribution in [0, 0.1) is 0 Å². The molecule has 1 aliphatic rings. The smallest absolute Gasteiger partial charge is 0.410 e. The van der Waals surface area contributed by atoms with Crippen molar-refractivity contribution in [1.82, 2.24) is 15.1 Å². The number of ether oxygens (including phenoxy) is 2. The summed E-state index contributed by atoms with van der Waals surface area (Å²) in [4.78, 5) is 26.3. The van der Waals surface area contributed by atoms with E-state index in [9.17, 15) is 9.59 Å². The van der Waals surface area contributed by atoms with E-state index in [2.05, 4.69) is 10.2 Å². The summed E-state index contributed by atoms with van der Waals surface area (Å²) in [6.45, 7) is 5.27. The molecule has 1 atom stereocenters. The van der Waals surface area contributed by atoms with Crippen molar-refractivity contribution in [3.8, 4) is 11.5 Å².